The lowest BCUT2D eigenvalue weighted by atomic mass is 10.0. The summed E-state index contributed by atoms with van der Waals surface area (Å²) >= 11 is 3.40. The number of β-amino-alcohol motifs (C(OH)–C–C–N with tert-alkyl or cyclic N) is 1. The molecule has 198 valence electrons. The molecular weight excluding hydrogens is 562 g/mol. The number of hydrogen-bond donors (Lipinski definition) is 1. The van der Waals surface area contributed by atoms with Gasteiger partial charge in [-0.15, -0.1) is 5.11 Å². The average Bonchev–Trinajstić information content (AvgIpc) is 3.20. The number of anilines is 1. The number of aliphatic hydroxyl groups is 1. The fourth-order valence-electron chi connectivity index (χ4n) is 4.90. The van der Waals surface area contributed by atoms with Crippen molar-refractivity contribution in [1.29, 1.82) is 5.26 Å². The van der Waals surface area contributed by atoms with Crippen LogP contribution in [-0.4, -0.2) is 54.2 Å². The Balaban J connectivity index is 1.34. The minimum absolute atomic E-state index is 0.152. The number of benzene rings is 3. The van der Waals surface area contributed by atoms with E-state index in [4.69, 9.17) is 4.74 Å². The number of aliphatic hydroxyl groups excluding tert-OH is 1. The van der Waals surface area contributed by atoms with Gasteiger partial charge in [0.1, 0.15) is 30.2 Å². The molecule has 0 saturated heterocycles. The summed E-state index contributed by atoms with van der Waals surface area (Å²) in [6.45, 7) is 3.42. The molecule has 0 spiro atoms. The van der Waals surface area contributed by atoms with Crippen molar-refractivity contribution in [1.82, 2.24) is 4.90 Å². The van der Waals surface area contributed by atoms with Crippen molar-refractivity contribution >= 4 is 44.8 Å². The van der Waals surface area contributed by atoms with Crippen molar-refractivity contribution in [2.24, 2.45) is 10.2 Å². The number of hydrogen-bond acceptors (Lipinski definition) is 8. The number of imide groups is 1. The van der Waals surface area contributed by atoms with Gasteiger partial charge in [-0.25, -0.2) is 0 Å². The quantitative estimate of drug-likeness (QED) is 0.273. The number of ether oxygens (including phenoxy) is 1. The molecule has 10 heteroatoms. The zero-order chi connectivity index (χ0) is 27.5. The van der Waals surface area contributed by atoms with Gasteiger partial charge in [0, 0.05) is 25.3 Å². The number of halogens is 1. The lowest BCUT2D eigenvalue weighted by molar-refractivity contribution is 0.0662. The largest absolute Gasteiger partial charge is 0.491 e. The fourth-order valence-corrected chi connectivity index (χ4v) is 5.57. The molecule has 1 atom stereocenters. The summed E-state index contributed by atoms with van der Waals surface area (Å²) in [7, 11) is 0. The van der Waals surface area contributed by atoms with Crippen LogP contribution in [0.5, 0.6) is 5.75 Å². The third-order valence-corrected chi connectivity index (χ3v) is 7.54. The number of rotatable bonds is 8. The van der Waals surface area contributed by atoms with E-state index >= 15 is 0 Å². The van der Waals surface area contributed by atoms with Crippen molar-refractivity contribution in [3.63, 3.8) is 0 Å². The normalized spacial score (nSPS) is 15.3. The van der Waals surface area contributed by atoms with Crippen LogP contribution in [0.4, 0.5) is 17.1 Å². The van der Waals surface area contributed by atoms with Crippen molar-refractivity contribution in [2.75, 3.05) is 31.1 Å². The van der Waals surface area contributed by atoms with Crippen LogP contribution in [-0.2, 0) is 6.42 Å². The highest BCUT2D eigenvalue weighted by Crippen LogP contribution is 2.40. The second kappa shape index (κ2) is 11.4. The molecule has 2 amide bonds. The summed E-state index contributed by atoms with van der Waals surface area (Å²) in [5.74, 6) is -0.122. The van der Waals surface area contributed by atoms with E-state index in [1.807, 2.05) is 48.5 Å². The van der Waals surface area contributed by atoms with E-state index in [0.29, 0.717) is 12.2 Å². The Morgan fingerprint density at radius 2 is 1.92 bits per heavy atom. The summed E-state index contributed by atoms with van der Waals surface area (Å²) in [6, 6.07) is 18.6. The van der Waals surface area contributed by atoms with E-state index in [2.05, 4.69) is 37.1 Å². The molecule has 1 unspecified atom stereocenters. The van der Waals surface area contributed by atoms with Crippen LogP contribution in [0.15, 0.2) is 69.3 Å². The Morgan fingerprint density at radius 1 is 1.13 bits per heavy atom. The van der Waals surface area contributed by atoms with E-state index < -0.39 is 17.9 Å². The van der Waals surface area contributed by atoms with E-state index in [9.17, 15) is 20.0 Å². The molecule has 0 radical (unpaired) electrons. The molecule has 3 aromatic rings. The molecule has 2 heterocycles. The van der Waals surface area contributed by atoms with Crippen LogP contribution in [0.3, 0.4) is 0 Å². The van der Waals surface area contributed by atoms with E-state index in [1.165, 1.54) is 6.07 Å². The highest BCUT2D eigenvalue weighted by Gasteiger charge is 2.38. The van der Waals surface area contributed by atoms with Crippen molar-refractivity contribution in [2.45, 2.75) is 25.9 Å². The third kappa shape index (κ3) is 5.28. The predicted molar refractivity (Wildman–Crippen MR) is 149 cm³/mol. The molecule has 0 fully saturated rings. The molecular formula is C29H26BrN5O4. The van der Waals surface area contributed by atoms with Gasteiger partial charge in [-0.2, -0.15) is 10.4 Å². The zero-order valence-corrected chi connectivity index (χ0v) is 22.9. The minimum atomic E-state index is -0.657. The standard InChI is InChI=1S/C29H26BrN5O4/c1-2-35-28(37)23-14-19(15-31)27(26(30)25(23)29(35)38)33-32-20-10-11-24-18(13-20)7-6-12-34(24)16-21(36)17-39-22-8-4-3-5-9-22/h3-5,8-11,13-14,21,36H,2,6-7,12,16-17H2,1H3. The van der Waals surface area contributed by atoms with Gasteiger partial charge in [-0.1, -0.05) is 18.2 Å². The smallest absolute Gasteiger partial charge is 0.262 e. The van der Waals surface area contributed by atoms with Gasteiger partial charge in [0.05, 0.1) is 26.9 Å². The van der Waals surface area contributed by atoms with Crippen LogP contribution in [0, 0.1) is 11.3 Å². The van der Waals surface area contributed by atoms with E-state index in [1.54, 1.807) is 6.92 Å². The summed E-state index contributed by atoms with van der Waals surface area (Å²) in [5, 5.41) is 28.9. The number of carbonyl (C=O) groups excluding carboxylic acids is 2. The first-order chi connectivity index (χ1) is 18.9. The lowest BCUT2D eigenvalue weighted by Crippen LogP contribution is -2.38. The second-order valence-electron chi connectivity index (χ2n) is 9.32. The number of fused-ring (bicyclic) bond motifs is 2. The Morgan fingerprint density at radius 3 is 2.67 bits per heavy atom. The Labute approximate surface area is 234 Å². The summed E-state index contributed by atoms with van der Waals surface area (Å²) in [5.41, 5.74) is 3.45. The number of carbonyl (C=O) groups is 2. The van der Waals surface area contributed by atoms with E-state index in [0.717, 1.165) is 41.3 Å². The molecule has 0 aliphatic carbocycles. The number of azo groups is 1. The van der Waals surface area contributed by atoms with Gasteiger partial charge >= 0.3 is 0 Å². The fraction of sp³-hybridized carbons (Fsp3) is 0.276. The summed E-state index contributed by atoms with van der Waals surface area (Å²) < 4.78 is 5.98. The number of nitriles is 1. The molecule has 2 aliphatic rings. The maximum atomic E-state index is 12.8. The second-order valence-corrected chi connectivity index (χ2v) is 10.1. The van der Waals surface area contributed by atoms with Gasteiger partial charge < -0.3 is 14.7 Å². The van der Waals surface area contributed by atoms with Crippen LogP contribution >= 0.6 is 15.9 Å². The molecule has 1 N–H and O–H groups in total. The molecule has 9 nitrogen and oxygen atoms in total. The van der Waals surface area contributed by atoms with Gasteiger partial charge in [0.2, 0.25) is 0 Å². The highest BCUT2D eigenvalue weighted by atomic mass is 79.9. The van der Waals surface area contributed by atoms with Crippen molar-refractivity contribution in [3.05, 3.63) is 81.3 Å². The first-order valence-electron chi connectivity index (χ1n) is 12.7. The van der Waals surface area contributed by atoms with Crippen LogP contribution in [0.2, 0.25) is 0 Å². The van der Waals surface area contributed by atoms with Gasteiger partial charge in [-0.3, -0.25) is 14.5 Å². The lowest BCUT2D eigenvalue weighted by Gasteiger charge is -2.33. The molecule has 5 rings (SSSR count). The average molecular weight is 588 g/mol. The molecule has 2 aliphatic heterocycles. The molecule has 3 aromatic carbocycles. The number of para-hydroxylation sites is 1. The van der Waals surface area contributed by atoms with Gasteiger partial charge in [0.15, 0.2) is 0 Å². The first kappa shape index (κ1) is 26.5. The van der Waals surface area contributed by atoms with Gasteiger partial charge in [-0.05, 0) is 77.7 Å². The number of nitrogens with zero attached hydrogens (tertiary/aromatic N) is 5. The predicted octanol–water partition coefficient (Wildman–Crippen LogP) is 5.54. The molecule has 0 saturated carbocycles. The monoisotopic (exact) mass is 587 g/mol. The number of aryl methyl sites for hydroxylation is 1. The summed E-state index contributed by atoms with van der Waals surface area (Å²) in [6.07, 6.45) is 1.13. The highest BCUT2D eigenvalue weighted by molar-refractivity contribution is 9.10. The topological polar surface area (TPSA) is 119 Å². The minimum Gasteiger partial charge on any atom is -0.491 e. The van der Waals surface area contributed by atoms with Crippen LogP contribution in [0.1, 0.15) is 45.2 Å². The van der Waals surface area contributed by atoms with Crippen LogP contribution < -0.4 is 9.64 Å². The maximum Gasteiger partial charge on any atom is 0.262 e. The third-order valence-electron chi connectivity index (χ3n) is 6.77. The van der Waals surface area contributed by atoms with Gasteiger partial charge in [0.25, 0.3) is 11.8 Å². The Hall–Kier alpha value is -4.07. The Bertz CT molecular complexity index is 1500. The maximum absolute atomic E-state index is 12.8. The van der Waals surface area contributed by atoms with Crippen molar-refractivity contribution < 1.29 is 19.4 Å². The summed E-state index contributed by atoms with van der Waals surface area (Å²) in [4.78, 5) is 28.6. The molecule has 0 bridgehead atoms. The SMILES string of the molecule is CCN1C(=O)c2cc(C#N)c(N=Nc3ccc4c(c3)CCCN4CC(O)COc3ccccc3)c(Br)c2C1=O. The first-order valence-corrected chi connectivity index (χ1v) is 13.5. The van der Waals surface area contributed by atoms with E-state index in [-0.39, 0.29) is 40.0 Å². The van der Waals surface area contributed by atoms with Crippen LogP contribution in [0.25, 0.3) is 0 Å². The number of amides is 2. The Kier molecular flexibility index (Phi) is 7.72. The molecule has 0 aromatic heterocycles. The zero-order valence-electron chi connectivity index (χ0n) is 21.3. The molecule has 39 heavy (non-hydrogen) atoms. The van der Waals surface area contributed by atoms with Crippen molar-refractivity contribution in [3.8, 4) is 11.8 Å².